The molecule has 0 atom stereocenters. The van der Waals surface area contributed by atoms with Crippen molar-refractivity contribution in [2.45, 2.75) is 0 Å². The maximum atomic E-state index is 0. The third-order valence-electron chi connectivity index (χ3n) is 0. The Hall–Kier alpha value is 2.41. The van der Waals surface area contributed by atoms with Crippen LogP contribution >= 0.6 is 0 Å². The van der Waals surface area contributed by atoms with E-state index in [1.807, 2.05) is 0 Å². The minimum atomic E-state index is 0. The maximum Gasteiger partial charge on any atom is 3.00 e. The molecule has 1 radical (unpaired) electrons. The molecule has 0 aliphatic heterocycles. The monoisotopic (exact) mass is 373 g/mol. The molecule has 5 heavy (non-hydrogen) atoms. The summed E-state index contributed by atoms with van der Waals surface area (Å²) < 4.78 is 0. The number of hydrogen-bond acceptors (Lipinski definition) is 0. The van der Waals surface area contributed by atoms with E-state index in [1.165, 1.54) is 0 Å². The van der Waals surface area contributed by atoms with Crippen molar-refractivity contribution in [1.29, 1.82) is 0 Å². The molecule has 5 heteroatoms. The molecule has 0 saturated heterocycles. The van der Waals surface area contributed by atoms with Crippen LogP contribution in [-0.4, -0.2) is 0 Å². The molecule has 0 aromatic carbocycles. The second-order valence-corrected chi connectivity index (χ2v) is 0. The van der Waals surface area contributed by atoms with E-state index in [-0.39, 0.29) is 92.3 Å². The van der Waals surface area contributed by atoms with Gasteiger partial charge in [-0.3, -0.25) is 0 Å². The van der Waals surface area contributed by atoms with Gasteiger partial charge in [-0.1, -0.05) is 0 Å². The molecule has 0 amide bonds. The third kappa shape index (κ3) is 21.5. The zero-order valence-electron chi connectivity index (χ0n) is 1.85. The van der Waals surface area contributed by atoms with Gasteiger partial charge in [0.25, 0.3) is 0 Å². The van der Waals surface area contributed by atoms with E-state index in [9.17, 15) is 0 Å². The van der Waals surface area contributed by atoms with Gasteiger partial charge in [0.1, 0.15) is 0 Å². The second kappa shape index (κ2) is 32.3. The van der Waals surface area contributed by atoms with Gasteiger partial charge in [0, 0.05) is 0 Å². The molecule has 0 saturated carbocycles. The Kier molecular flexibility index (Phi) is 338. The van der Waals surface area contributed by atoms with Crippen molar-refractivity contribution in [3.63, 3.8) is 0 Å². The predicted molar refractivity (Wildman–Crippen MR) is 2.06 cm³/mol. The Morgan fingerprint density at radius 3 is 0.600 bits per heavy atom. The van der Waals surface area contributed by atoms with Crippen molar-refractivity contribution in [3.8, 4) is 0 Å². The Bertz CT molecular complexity index is 6.85. The predicted octanol–water partition coefficient (Wildman–Crippen LogP) is -0.356. The summed E-state index contributed by atoms with van der Waals surface area (Å²) in [4.78, 5) is 0. The van der Waals surface area contributed by atoms with Crippen LogP contribution < -0.4 is 0 Å². The quantitative estimate of drug-likeness (QED) is 0.555. The van der Waals surface area contributed by atoms with Crippen molar-refractivity contribution in [1.82, 2.24) is 0 Å². The summed E-state index contributed by atoms with van der Waals surface area (Å²) in [7, 11) is 0. The normalized spacial score (nSPS) is 0. The van der Waals surface area contributed by atoms with Gasteiger partial charge in [-0.05, 0) is 0 Å². The smallest absolute Gasteiger partial charge is 2.00 e. The van der Waals surface area contributed by atoms with Crippen LogP contribution in [0, 0.1) is 75.9 Å². The van der Waals surface area contributed by atoms with E-state index in [4.69, 9.17) is 0 Å². The van der Waals surface area contributed by atoms with E-state index in [2.05, 4.69) is 0 Å². The zero-order valence-corrected chi connectivity index (χ0v) is 5.84. The second-order valence-electron chi connectivity index (χ2n) is 0. The molecule has 0 fully saturated rings. The average Bonchev–Trinajstić information content (AvgIpc) is 0. The molecule has 0 rings (SSSR count). The Labute approximate surface area is 90.5 Å². The van der Waals surface area contributed by atoms with E-state index in [1.54, 1.807) is 0 Å². The fourth-order valence-electron chi connectivity index (χ4n) is 0. The van der Waals surface area contributed by atoms with Crippen LogP contribution in [-0.2, 0) is 16.4 Å². The summed E-state index contributed by atoms with van der Waals surface area (Å²) in [5, 5.41) is 0. The van der Waals surface area contributed by atoms with Gasteiger partial charge >= 0.3 is 75.9 Å². The van der Waals surface area contributed by atoms with Crippen LogP contribution in [0.1, 0.15) is 0 Å². The van der Waals surface area contributed by atoms with Crippen LogP contribution in [0.5, 0.6) is 0 Å². The number of rotatable bonds is 0. The fourth-order valence-corrected chi connectivity index (χ4v) is 0. The first-order chi connectivity index (χ1) is 0. The molecule has 0 unspecified atom stereocenters. The van der Waals surface area contributed by atoms with Crippen molar-refractivity contribution in [2.24, 2.45) is 0 Å². The summed E-state index contributed by atoms with van der Waals surface area (Å²) >= 11 is 0. The standard InChI is InChI=1S/Er.3O.Tb/q+3;3*-2;+3. The Balaban J connectivity index is 0. The zero-order chi connectivity index (χ0) is 0. The Morgan fingerprint density at radius 2 is 0.600 bits per heavy atom. The van der Waals surface area contributed by atoms with Crippen molar-refractivity contribution < 1.29 is 92.3 Å². The van der Waals surface area contributed by atoms with Gasteiger partial charge < -0.3 is 16.4 Å². The van der Waals surface area contributed by atoms with Crippen molar-refractivity contribution in [2.75, 3.05) is 0 Å². The Morgan fingerprint density at radius 1 is 0.600 bits per heavy atom. The summed E-state index contributed by atoms with van der Waals surface area (Å²) in [6, 6.07) is 0. The third-order valence-corrected chi connectivity index (χ3v) is 0. The molecule has 0 aromatic heterocycles. The van der Waals surface area contributed by atoms with Gasteiger partial charge in [0.15, 0.2) is 0 Å². The summed E-state index contributed by atoms with van der Waals surface area (Å²) in [5.41, 5.74) is 0. The van der Waals surface area contributed by atoms with Crippen LogP contribution in [0.4, 0.5) is 0 Å². The summed E-state index contributed by atoms with van der Waals surface area (Å²) in [5.74, 6) is 0. The maximum absolute atomic E-state index is 0. The summed E-state index contributed by atoms with van der Waals surface area (Å²) in [6.07, 6.45) is 0. The van der Waals surface area contributed by atoms with Crippen LogP contribution in [0.25, 0.3) is 0 Å². The topological polar surface area (TPSA) is 85.5 Å². The van der Waals surface area contributed by atoms with Gasteiger partial charge in [0.05, 0.1) is 0 Å². The molecule has 0 aliphatic rings. The van der Waals surface area contributed by atoms with Crippen LogP contribution in [0.3, 0.4) is 0 Å². The molecule has 0 bridgehead atoms. The van der Waals surface area contributed by atoms with E-state index in [0.29, 0.717) is 0 Å². The summed E-state index contributed by atoms with van der Waals surface area (Å²) in [6.45, 7) is 0. The SMILES string of the molecule is [Er+3].[O-2].[O-2].[O-2].[Tb+3]. The van der Waals surface area contributed by atoms with E-state index in [0.717, 1.165) is 0 Å². The molecular formula is ErO3Tb. The first-order valence-corrected chi connectivity index (χ1v) is 0. The molecule has 0 aliphatic carbocycles. The van der Waals surface area contributed by atoms with Gasteiger partial charge in [-0.25, -0.2) is 0 Å². The van der Waals surface area contributed by atoms with Crippen LogP contribution in [0.15, 0.2) is 0 Å². The van der Waals surface area contributed by atoms with Crippen LogP contribution in [0.2, 0.25) is 0 Å². The van der Waals surface area contributed by atoms with E-state index >= 15 is 0 Å². The van der Waals surface area contributed by atoms with Gasteiger partial charge in [0.2, 0.25) is 0 Å². The van der Waals surface area contributed by atoms with Crippen molar-refractivity contribution in [3.05, 3.63) is 0 Å². The fraction of sp³-hybridized carbons (Fsp3) is 0. The molecular weight excluding hydrogens is 374 g/mol. The van der Waals surface area contributed by atoms with Crippen molar-refractivity contribution >= 4 is 0 Å². The minimum absolute atomic E-state index is 0. The molecule has 0 heterocycles. The average molecular weight is 374 g/mol. The molecule has 0 N–H and O–H groups in total. The van der Waals surface area contributed by atoms with E-state index < -0.39 is 0 Å². The number of hydrogen-bond donors (Lipinski definition) is 0. The largest absolute Gasteiger partial charge is 3.00 e. The molecule has 3 nitrogen and oxygen atoms in total. The van der Waals surface area contributed by atoms with Gasteiger partial charge in [-0.15, -0.1) is 0 Å². The first kappa shape index (κ1) is 52.4. The molecule has 39 valence electrons. The first-order valence-electron chi connectivity index (χ1n) is 0. The molecule has 0 aromatic rings. The minimum Gasteiger partial charge on any atom is -2.00 e. The molecule has 0 spiro atoms. The van der Waals surface area contributed by atoms with Gasteiger partial charge in [-0.2, -0.15) is 0 Å².